The van der Waals surface area contributed by atoms with Gasteiger partial charge in [0.2, 0.25) is 0 Å². The Morgan fingerprint density at radius 1 is 1.32 bits per heavy atom. The first-order chi connectivity index (χ1) is 13.6. The minimum Gasteiger partial charge on any atom is -0.508 e. The number of aromatic hydroxyl groups is 2. The van der Waals surface area contributed by atoms with E-state index in [2.05, 4.69) is 15.0 Å². The molecule has 0 radical (unpaired) electrons. The predicted octanol–water partition coefficient (Wildman–Crippen LogP) is 2.45. The fourth-order valence-electron chi connectivity index (χ4n) is 2.95. The van der Waals surface area contributed by atoms with Crippen molar-refractivity contribution in [3.63, 3.8) is 0 Å². The summed E-state index contributed by atoms with van der Waals surface area (Å²) in [6.07, 6.45) is 6.33. The van der Waals surface area contributed by atoms with Crippen LogP contribution in [0.3, 0.4) is 0 Å². The van der Waals surface area contributed by atoms with Crippen LogP contribution in [-0.2, 0) is 29.0 Å². The molecule has 28 heavy (non-hydrogen) atoms. The Hall–Kier alpha value is -3.26. The van der Waals surface area contributed by atoms with Gasteiger partial charge in [-0.25, -0.2) is 4.98 Å². The average Bonchev–Trinajstić information content (AvgIpc) is 3.33. The second-order valence-corrected chi connectivity index (χ2v) is 6.35. The van der Waals surface area contributed by atoms with E-state index in [1.165, 1.54) is 19.2 Å². The highest BCUT2D eigenvalue weighted by atomic mass is 16.5. The van der Waals surface area contributed by atoms with Gasteiger partial charge in [-0.3, -0.25) is 4.79 Å². The Labute approximate surface area is 162 Å². The molecule has 1 aromatic carbocycles. The monoisotopic (exact) mass is 385 g/mol. The number of carbonyl (C=O) groups excluding carboxylic acids is 1. The summed E-state index contributed by atoms with van der Waals surface area (Å²) in [4.78, 5) is 15.7. The topological polar surface area (TPSA) is 110 Å². The number of nitrogens with one attached hydrogen (secondary N) is 1. The van der Waals surface area contributed by atoms with E-state index < -0.39 is 5.97 Å². The standard InChI is InChI=1S/C20H23N3O5/c1-27-19(26)10-14-9-15(24)11-17(25)20(14)18-4-3-16(28-18)12-21-5-2-7-23-8-6-22-13-23/h3-4,6,8-9,11,13,21,24-25H,2,5,7,10,12H2,1H3. The molecule has 0 saturated heterocycles. The summed E-state index contributed by atoms with van der Waals surface area (Å²) in [6.45, 7) is 2.23. The summed E-state index contributed by atoms with van der Waals surface area (Å²) in [7, 11) is 1.29. The number of nitrogens with zero attached hydrogens (tertiary/aromatic N) is 2. The zero-order valence-corrected chi connectivity index (χ0v) is 15.6. The maximum atomic E-state index is 11.6. The van der Waals surface area contributed by atoms with Crippen LogP contribution in [0.15, 0.2) is 47.4 Å². The van der Waals surface area contributed by atoms with E-state index >= 15 is 0 Å². The molecule has 2 aromatic heterocycles. The van der Waals surface area contributed by atoms with Crippen molar-refractivity contribution in [1.82, 2.24) is 14.9 Å². The molecule has 3 N–H and O–H groups in total. The zero-order valence-electron chi connectivity index (χ0n) is 15.6. The molecule has 0 aliphatic heterocycles. The van der Waals surface area contributed by atoms with E-state index in [9.17, 15) is 15.0 Å². The number of benzene rings is 1. The fourth-order valence-corrected chi connectivity index (χ4v) is 2.95. The van der Waals surface area contributed by atoms with Gasteiger partial charge in [-0.15, -0.1) is 0 Å². The molecule has 0 fully saturated rings. The third-order valence-electron chi connectivity index (χ3n) is 4.28. The number of hydrogen-bond acceptors (Lipinski definition) is 7. The highest BCUT2D eigenvalue weighted by Gasteiger charge is 2.18. The summed E-state index contributed by atoms with van der Waals surface area (Å²) in [5.74, 6) is 0.359. The van der Waals surface area contributed by atoms with Gasteiger partial charge in [0.15, 0.2) is 0 Å². The minimum atomic E-state index is -0.474. The molecular weight excluding hydrogens is 362 g/mol. The number of furan rings is 1. The van der Waals surface area contributed by atoms with E-state index in [-0.39, 0.29) is 17.9 Å². The molecule has 0 spiro atoms. The first-order valence-corrected chi connectivity index (χ1v) is 8.94. The van der Waals surface area contributed by atoms with Gasteiger partial charge >= 0.3 is 5.97 Å². The van der Waals surface area contributed by atoms with Crippen LogP contribution in [0, 0.1) is 0 Å². The lowest BCUT2D eigenvalue weighted by atomic mass is 10.0. The maximum absolute atomic E-state index is 11.6. The molecule has 0 amide bonds. The number of ether oxygens (including phenoxy) is 1. The van der Waals surface area contributed by atoms with Crippen molar-refractivity contribution >= 4 is 5.97 Å². The summed E-state index contributed by atoms with van der Waals surface area (Å²) < 4.78 is 12.5. The minimum absolute atomic E-state index is 0.0870. The second-order valence-electron chi connectivity index (χ2n) is 6.35. The Kier molecular flexibility index (Phi) is 6.33. The van der Waals surface area contributed by atoms with Crippen molar-refractivity contribution in [2.45, 2.75) is 25.9 Å². The molecule has 0 bridgehead atoms. The van der Waals surface area contributed by atoms with Gasteiger partial charge in [-0.05, 0) is 36.7 Å². The largest absolute Gasteiger partial charge is 0.508 e. The van der Waals surface area contributed by atoms with Gasteiger partial charge in [-0.2, -0.15) is 0 Å². The Morgan fingerprint density at radius 3 is 2.93 bits per heavy atom. The van der Waals surface area contributed by atoms with Gasteiger partial charge in [0.05, 0.1) is 32.0 Å². The Balaban J connectivity index is 1.63. The van der Waals surface area contributed by atoms with Crippen LogP contribution in [0.25, 0.3) is 11.3 Å². The molecule has 2 heterocycles. The lowest BCUT2D eigenvalue weighted by Gasteiger charge is -2.10. The lowest BCUT2D eigenvalue weighted by Crippen LogP contribution is -2.15. The van der Waals surface area contributed by atoms with Crippen molar-refractivity contribution in [3.8, 4) is 22.8 Å². The molecule has 8 heteroatoms. The number of esters is 1. The van der Waals surface area contributed by atoms with Crippen LogP contribution in [0.2, 0.25) is 0 Å². The number of imidazole rings is 1. The smallest absolute Gasteiger partial charge is 0.310 e. The van der Waals surface area contributed by atoms with E-state index in [1.807, 2.05) is 16.8 Å². The number of phenols is 2. The number of phenolic OH excluding ortho intramolecular Hbond substituents is 2. The SMILES string of the molecule is COC(=O)Cc1cc(O)cc(O)c1-c1ccc(CNCCCn2ccnc2)o1. The number of rotatable bonds is 9. The lowest BCUT2D eigenvalue weighted by molar-refractivity contribution is -0.139. The maximum Gasteiger partial charge on any atom is 0.310 e. The molecule has 0 unspecified atom stereocenters. The van der Waals surface area contributed by atoms with Crippen molar-refractivity contribution in [2.75, 3.05) is 13.7 Å². The van der Waals surface area contributed by atoms with Crippen molar-refractivity contribution < 1.29 is 24.2 Å². The summed E-state index contributed by atoms with van der Waals surface area (Å²) in [5.41, 5.74) is 0.799. The molecule has 0 aliphatic rings. The summed E-state index contributed by atoms with van der Waals surface area (Å²) in [5, 5.41) is 23.3. The van der Waals surface area contributed by atoms with Crippen LogP contribution in [0.4, 0.5) is 0 Å². The molecule has 0 atom stereocenters. The third kappa shape index (κ3) is 4.92. The van der Waals surface area contributed by atoms with Gasteiger partial charge < -0.3 is 29.3 Å². The molecule has 0 saturated carbocycles. The zero-order chi connectivity index (χ0) is 19.9. The van der Waals surface area contributed by atoms with E-state index in [0.717, 1.165) is 19.5 Å². The van der Waals surface area contributed by atoms with Gasteiger partial charge in [-0.1, -0.05) is 0 Å². The summed E-state index contributed by atoms with van der Waals surface area (Å²) >= 11 is 0. The van der Waals surface area contributed by atoms with Crippen LogP contribution >= 0.6 is 0 Å². The van der Waals surface area contributed by atoms with Gasteiger partial charge in [0.25, 0.3) is 0 Å². The number of hydrogen-bond donors (Lipinski definition) is 3. The molecule has 3 rings (SSSR count). The average molecular weight is 385 g/mol. The van der Waals surface area contributed by atoms with Crippen molar-refractivity contribution in [1.29, 1.82) is 0 Å². The second kappa shape index (κ2) is 9.09. The third-order valence-corrected chi connectivity index (χ3v) is 4.28. The van der Waals surface area contributed by atoms with Crippen molar-refractivity contribution in [2.24, 2.45) is 0 Å². The highest BCUT2D eigenvalue weighted by Crippen LogP contribution is 2.37. The Morgan fingerprint density at radius 2 is 2.18 bits per heavy atom. The van der Waals surface area contributed by atoms with Crippen LogP contribution < -0.4 is 5.32 Å². The quantitative estimate of drug-likeness (QED) is 0.383. The number of carbonyl (C=O) groups is 1. The molecule has 8 nitrogen and oxygen atoms in total. The summed E-state index contributed by atoms with van der Waals surface area (Å²) in [6, 6.07) is 6.18. The number of methoxy groups -OCH3 is 1. The van der Waals surface area contributed by atoms with Gasteiger partial charge in [0.1, 0.15) is 23.0 Å². The molecule has 3 aromatic rings. The molecule has 0 aliphatic carbocycles. The van der Waals surface area contributed by atoms with Gasteiger partial charge in [0, 0.05) is 25.0 Å². The fraction of sp³-hybridized carbons (Fsp3) is 0.300. The number of aryl methyl sites for hydroxylation is 1. The normalized spacial score (nSPS) is 10.9. The van der Waals surface area contributed by atoms with Crippen molar-refractivity contribution in [3.05, 3.63) is 54.3 Å². The van der Waals surface area contributed by atoms with E-state index in [4.69, 9.17) is 4.42 Å². The molecule has 148 valence electrons. The van der Waals surface area contributed by atoms with Crippen LogP contribution in [-0.4, -0.2) is 39.4 Å². The van der Waals surface area contributed by atoms with E-state index in [0.29, 0.717) is 29.2 Å². The van der Waals surface area contributed by atoms with E-state index in [1.54, 1.807) is 18.6 Å². The Bertz CT molecular complexity index is 918. The first kappa shape index (κ1) is 19.5. The number of aromatic nitrogens is 2. The first-order valence-electron chi connectivity index (χ1n) is 8.94. The van der Waals surface area contributed by atoms with Crippen LogP contribution in [0.1, 0.15) is 17.7 Å². The highest BCUT2D eigenvalue weighted by molar-refractivity contribution is 5.79. The van der Waals surface area contributed by atoms with Crippen LogP contribution in [0.5, 0.6) is 11.5 Å². The molecular formula is C20H23N3O5. The predicted molar refractivity (Wildman–Crippen MR) is 102 cm³/mol.